The average Bonchev–Trinajstić information content (AvgIpc) is 3.35. The largest absolute Gasteiger partial charge is 0.482 e. The number of amides is 1. The van der Waals surface area contributed by atoms with Crippen LogP contribution in [0.15, 0.2) is 46.8 Å². The molecule has 4 aromatic rings. The van der Waals surface area contributed by atoms with Gasteiger partial charge in [0, 0.05) is 26.3 Å². The number of nitrogens with zero attached hydrogens (tertiary/aromatic N) is 2. The zero-order valence-electron chi connectivity index (χ0n) is 15.8. The molecule has 1 aliphatic heterocycles. The van der Waals surface area contributed by atoms with Crippen LogP contribution in [0.2, 0.25) is 0 Å². The molecule has 150 valence electrons. The van der Waals surface area contributed by atoms with E-state index in [4.69, 9.17) is 4.74 Å². The number of carbonyl (C=O) groups excluding carboxylic acids is 2. The molecule has 0 radical (unpaired) electrons. The van der Waals surface area contributed by atoms with E-state index >= 15 is 0 Å². The van der Waals surface area contributed by atoms with Gasteiger partial charge in [-0.15, -0.1) is 22.7 Å². The van der Waals surface area contributed by atoms with Gasteiger partial charge in [-0.2, -0.15) is 0 Å². The van der Waals surface area contributed by atoms with Crippen LogP contribution in [0.1, 0.15) is 15.2 Å². The van der Waals surface area contributed by atoms with Crippen molar-refractivity contribution in [3.8, 4) is 16.2 Å². The van der Waals surface area contributed by atoms with Crippen LogP contribution in [-0.4, -0.2) is 27.8 Å². The number of fused-ring (bicyclic) bond motifs is 2. The minimum atomic E-state index is -0.272. The quantitative estimate of drug-likeness (QED) is 0.492. The summed E-state index contributed by atoms with van der Waals surface area (Å²) in [5, 5.41) is 5.15. The molecular weight excluding hydrogens is 422 g/mol. The number of hydrogen-bond donors (Lipinski definition) is 1. The maximum atomic E-state index is 13.1. The normalized spacial score (nSPS) is 13.0. The Morgan fingerprint density at radius 3 is 2.93 bits per heavy atom. The van der Waals surface area contributed by atoms with E-state index in [9.17, 15) is 14.4 Å². The van der Waals surface area contributed by atoms with Crippen molar-refractivity contribution in [2.75, 3.05) is 11.9 Å². The number of anilines is 1. The first-order chi connectivity index (χ1) is 14.5. The van der Waals surface area contributed by atoms with Crippen molar-refractivity contribution >= 4 is 50.3 Å². The first-order valence-electron chi connectivity index (χ1n) is 9.13. The van der Waals surface area contributed by atoms with Gasteiger partial charge in [0.15, 0.2) is 12.4 Å². The number of carbonyl (C=O) groups is 2. The fourth-order valence-corrected chi connectivity index (χ4v) is 5.21. The van der Waals surface area contributed by atoms with Crippen LogP contribution in [0.25, 0.3) is 20.7 Å². The summed E-state index contributed by atoms with van der Waals surface area (Å²) in [7, 11) is 0. The lowest BCUT2D eigenvalue weighted by Gasteiger charge is -2.18. The second-order valence-electron chi connectivity index (χ2n) is 6.89. The maximum Gasteiger partial charge on any atom is 0.263 e. The van der Waals surface area contributed by atoms with Crippen LogP contribution in [0, 0.1) is 6.92 Å². The fourth-order valence-electron chi connectivity index (χ4n) is 3.34. The van der Waals surface area contributed by atoms with E-state index in [1.54, 1.807) is 29.5 Å². The topological polar surface area (TPSA) is 90.3 Å². The molecule has 1 aliphatic rings. The molecular formula is C21H15N3O4S2. The molecule has 1 aromatic carbocycles. The van der Waals surface area contributed by atoms with Gasteiger partial charge in [0.05, 0.1) is 23.9 Å². The molecule has 7 nitrogen and oxygen atoms in total. The number of ether oxygens (including phenoxy) is 1. The Morgan fingerprint density at radius 2 is 2.13 bits per heavy atom. The Kier molecular flexibility index (Phi) is 4.48. The number of aryl methyl sites for hydroxylation is 1. The van der Waals surface area contributed by atoms with Gasteiger partial charge < -0.3 is 10.1 Å². The second-order valence-corrected chi connectivity index (χ2v) is 9.03. The number of rotatable bonds is 4. The third-order valence-electron chi connectivity index (χ3n) is 4.81. The van der Waals surface area contributed by atoms with Crippen LogP contribution in [0.5, 0.6) is 5.75 Å². The highest BCUT2D eigenvalue weighted by Crippen LogP contribution is 2.35. The molecule has 0 atom stereocenters. The molecule has 1 amide bonds. The summed E-state index contributed by atoms with van der Waals surface area (Å²) in [6.07, 6.45) is 1.41. The van der Waals surface area contributed by atoms with Gasteiger partial charge in [-0.1, -0.05) is 0 Å². The summed E-state index contributed by atoms with van der Waals surface area (Å²) < 4.78 is 6.65. The predicted octanol–water partition coefficient (Wildman–Crippen LogP) is 3.71. The lowest BCUT2D eigenvalue weighted by molar-refractivity contribution is -0.118. The van der Waals surface area contributed by atoms with Gasteiger partial charge >= 0.3 is 0 Å². The lowest BCUT2D eigenvalue weighted by atomic mass is 10.1. The molecule has 0 unspecified atom stereocenters. The first-order valence-corrected chi connectivity index (χ1v) is 10.8. The van der Waals surface area contributed by atoms with Crippen LogP contribution < -0.4 is 15.6 Å². The number of nitrogens with one attached hydrogen (secondary N) is 1. The van der Waals surface area contributed by atoms with Crippen molar-refractivity contribution < 1.29 is 14.3 Å². The summed E-state index contributed by atoms with van der Waals surface area (Å²) in [5.41, 5.74) is 1.43. The molecule has 9 heteroatoms. The van der Waals surface area contributed by atoms with Gasteiger partial charge in [-0.3, -0.25) is 19.0 Å². The van der Waals surface area contributed by atoms with E-state index < -0.39 is 0 Å². The maximum absolute atomic E-state index is 13.1. The highest BCUT2D eigenvalue weighted by molar-refractivity contribution is 7.19. The van der Waals surface area contributed by atoms with Gasteiger partial charge in [0.1, 0.15) is 10.6 Å². The van der Waals surface area contributed by atoms with E-state index in [1.807, 2.05) is 24.4 Å². The summed E-state index contributed by atoms with van der Waals surface area (Å²) in [6, 6.07) is 8.84. The van der Waals surface area contributed by atoms with Gasteiger partial charge in [0.2, 0.25) is 0 Å². The Morgan fingerprint density at radius 1 is 1.27 bits per heavy atom. The average molecular weight is 438 g/mol. The van der Waals surface area contributed by atoms with Crippen LogP contribution in [-0.2, 0) is 11.3 Å². The zero-order chi connectivity index (χ0) is 20.8. The molecule has 30 heavy (non-hydrogen) atoms. The smallest absolute Gasteiger partial charge is 0.263 e. The van der Waals surface area contributed by atoms with E-state index in [2.05, 4.69) is 10.3 Å². The SMILES string of the molecule is Cc1ccc(-c2csc3ncn(CC(=O)c4ccc5c(c4)NC(=O)CO5)c(=O)c23)s1. The molecule has 1 N–H and O–H groups in total. The molecule has 5 rings (SSSR count). The van der Waals surface area contributed by atoms with E-state index in [0.29, 0.717) is 27.2 Å². The Labute approximate surface area is 178 Å². The number of hydrogen-bond acceptors (Lipinski definition) is 7. The Bertz CT molecular complexity index is 1380. The fraction of sp³-hybridized carbons (Fsp3) is 0.143. The molecule has 0 saturated carbocycles. The molecule has 0 spiro atoms. The van der Waals surface area contributed by atoms with Crippen molar-refractivity contribution in [1.82, 2.24) is 9.55 Å². The number of Topliss-reactive ketones (excluding diaryl/α,β-unsaturated/α-hetero) is 1. The van der Waals surface area contributed by atoms with E-state index in [-0.39, 0.29) is 30.4 Å². The molecule has 0 fully saturated rings. The van der Waals surface area contributed by atoms with Crippen LogP contribution in [0.3, 0.4) is 0 Å². The lowest BCUT2D eigenvalue weighted by Crippen LogP contribution is -2.26. The van der Waals surface area contributed by atoms with Crippen molar-refractivity contribution in [1.29, 1.82) is 0 Å². The van der Waals surface area contributed by atoms with Crippen molar-refractivity contribution in [2.24, 2.45) is 0 Å². The number of thiophene rings is 2. The van der Waals surface area contributed by atoms with Crippen molar-refractivity contribution in [2.45, 2.75) is 13.5 Å². The first kappa shape index (κ1) is 18.7. The highest BCUT2D eigenvalue weighted by atomic mass is 32.1. The summed E-state index contributed by atoms with van der Waals surface area (Å²) in [4.78, 5) is 44.7. The monoisotopic (exact) mass is 437 g/mol. The van der Waals surface area contributed by atoms with Gasteiger partial charge in [0.25, 0.3) is 11.5 Å². The third kappa shape index (κ3) is 3.21. The van der Waals surface area contributed by atoms with Gasteiger partial charge in [-0.05, 0) is 37.3 Å². The summed E-state index contributed by atoms with van der Waals surface area (Å²) in [6.45, 7) is 1.83. The molecule has 4 heterocycles. The molecule has 0 aliphatic carbocycles. The van der Waals surface area contributed by atoms with E-state index in [1.165, 1.54) is 22.2 Å². The summed E-state index contributed by atoms with van der Waals surface area (Å²) >= 11 is 3.03. The number of aromatic nitrogens is 2. The molecule has 0 bridgehead atoms. The van der Waals surface area contributed by atoms with Crippen molar-refractivity contribution in [3.63, 3.8) is 0 Å². The number of benzene rings is 1. The minimum absolute atomic E-state index is 0.0475. The molecule has 0 saturated heterocycles. The van der Waals surface area contributed by atoms with Crippen LogP contribution >= 0.6 is 22.7 Å². The third-order valence-corrected chi connectivity index (χ3v) is 6.74. The molecule has 3 aromatic heterocycles. The van der Waals surface area contributed by atoms with Crippen LogP contribution in [0.4, 0.5) is 5.69 Å². The highest BCUT2D eigenvalue weighted by Gasteiger charge is 2.19. The minimum Gasteiger partial charge on any atom is -0.482 e. The zero-order valence-corrected chi connectivity index (χ0v) is 17.4. The van der Waals surface area contributed by atoms with E-state index in [0.717, 1.165) is 15.3 Å². The summed E-state index contributed by atoms with van der Waals surface area (Å²) in [5.74, 6) is -0.0167. The number of ketones is 1. The second kappa shape index (κ2) is 7.19. The standard InChI is InChI=1S/C21H15N3O4S2/c1-11-2-5-17(30-11)13-9-29-20-19(13)21(27)24(10-22-20)7-15(25)12-3-4-16-14(6-12)23-18(26)8-28-16/h2-6,9-10H,7-8H2,1H3,(H,23,26). The van der Waals surface area contributed by atoms with Gasteiger partial charge in [-0.25, -0.2) is 4.98 Å². The Balaban J connectivity index is 1.49. The Hall–Kier alpha value is -3.30. The van der Waals surface area contributed by atoms with Crippen molar-refractivity contribution in [3.05, 3.63) is 62.8 Å². The predicted molar refractivity (Wildman–Crippen MR) is 117 cm³/mol.